The van der Waals surface area contributed by atoms with E-state index in [-0.39, 0.29) is 24.3 Å². The number of aromatic nitrogens is 2. The zero-order chi connectivity index (χ0) is 23.6. The van der Waals surface area contributed by atoms with E-state index in [0.29, 0.717) is 15.9 Å². The second kappa shape index (κ2) is 8.85. The highest BCUT2D eigenvalue weighted by Crippen LogP contribution is 2.42. The molecule has 0 fully saturated rings. The van der Waals surface area contributed by atoms with Crippen molar-refractivity contribution in [3.05, 3.63) is 76.5 Å². The van der Waals surface area contributed by atoms with Crippen LogP contribution in [0, 0.1) is 5.82 Å². The summed E-state index contributed by atoms with van der Waals surface area (Å²) in [5, 5.41) is 5.45. The first-order valence-corrected chi connectivity index (χ1v) is 10.3. The number of rotatable bonds is 4. The fraction of sp³-hybridized carbons (Fsp3) is 0.190. The molecule has 0 aliphatic carbocycles. The maximum absolute atomic E-state index is 14.6. The molecular formula is C21H15BrF4N4O3. The minimum Gasteiger partial charge on any atom is -0.491 e. The zero-order valence-corrected chi connectivity index (χ0v) is 18.2. The number of halogens is 5. The molecule has 12 heteroatoms. The van der Waals surface area contributed by atoms with Gasteiger partial charge < -0.3 is 20.1 Å². The number of anilines is 1. The quantitative estimate of drug-likeness (QED) is 0.460. The summed E-state index contributed by atoms with van der Waals surface area (Å²) in [6, 6.07) is 7.20. The SMILES string of the molecule is O=C(Nc1cnccc1Br)N[C@]1(c2ccc(OC(F)(F)F)c(F)c2)CCOc2cccnc21. The molecule has 1 aliphatic heterocycles. The molecule has 2 amide bonds. The van der Waals surface area contributed by atoms with Crippen molar-refractivity contribution < 1.29 is 31.8 Å². The number of urea groups is 1. The molecule has 0 saturated carbocycles. The lowest BCUT2D eigenvalue weighted by Gasteiger charge is -2.39. The Kier molecular flexibility index (Phi) is 6.11. The Balaban J connectivity index is 1.75. The van der Waals surface area contributed by atoms with Crippen LogP contribution in [0.25, 0.3) is 0 Å². The van der Waals surface area contributed by atoms with Gasteiger partial charge in [-0.3, -0.25) is 9.97 Å². The third-order valence-corrected chi connectivity index (χ3v) is 5.59. The summed E-state index contributed by atoms with van der Waals surface area (Å²) in [6.07, 6.45) is -0.493. The number of benzene rings is 1. The monoisotopic (exact) mass is 526 g/mol. The van der Waals surface area contributed by atoms with Gasteiger partial charge in [0, 0.05) is 23.3 Å². The molecule has 2 aromatic heterocycles. The fourth-order valence-electron chi connectivity index (χ4n) is 3.53. The van der Waals surface area contributed by atoms with Crippen LogP contribution >= 0.6 is 15.9 Å². The predicted molar refractivity (Wildman–Crippen MR) is 112 cm³/mol. The van der Waals surface area contributed by atoms with Crippen molar-refractivity contribution in [1.82, 2.24) is 15.3 Å². The average molecular weight is 527 g/mol. The minimum atomic E-state index is -5.05. The molecule has 0 unspecified atom stereocenters. The molecule has 3 heterocycles. The lowest BCUT2D eigenvalue weighted by Crippen LogP contribution is -2.51. The highest BCUT2D eigenvalue weighted by molar-refractivity contribution is 9.10. The molecule has 1 atom stereocenters. The van der Waals surface area contributed by atoms with Crippen LogP contribution < -0.4 is 20.1 Å². The predicted octanol–water partition coefficient (Wildman–Crippen LogP) is 5.12. The van der Waals surface area contributed by atoms with Gasteiger partial charge in [0.1, 0.15) is 17.0 Å². The van der Waals surface area contributed by atoms with Crippen LogP contribution in [0.1, 0.15) is 17.7 Å². The maximum Gasteiger partial charge on any atom is 0.573 e. The maximum atomic E-state index is 14.6. The molecule has 1 aromatic carbocycles. The second-order valence-corrected chi connectivity index (χ2v) is 7.84. The van der Waals surface area contributed by atoms with E-state index in [2.05, 4.69) is 41.3 Å². The van der Waals surface area contributed by atoms with Crippen LogP contribution in [-0.2, 0) is 5.54 Å². The molecule has 4 rings (SSSR count). The molecule has 7 nitrogen and oxygen atoms in total. The molecule has 2 N–H and O–H groups in total. The van der Waals surface area contributed by atoms with Gasteiger partial charge in [0.05, 0.1) is 18.5 Å². The molecule has 172 valence electrons. The van der Waals surface area contributed by atoms with E-state index >= 15 is 0 Å². The Morgan fingerprint density at radius 1 is 1.21 bits per heavy atom. The first kappa shape index (κ1) is 22.8. The molecule has 0 saturated heterocycles. The summed E-state index contributed by atoms with van der Waals surface area (Å²) in [5.41, 5.74) is -0.581. The van der Waals surface area contributed by atoms with Crippen LogP contribution in [0.5, 0.6) is 11.5 Å². The highest BCUT2D eigenvalue weighted by Gasteiger charge is 2.43. The van der Waals surface area contributed by atoms with Crippen molar-refractivity contribution in [3.63, 3.8) is 0 Å². The number of hydrogen-bond acceptors (Lipinski definition) is 5. The number of alkyl halides is 3. The van der Waals surface area contributed by atoms with E-state index in [1.807, 2.05) is 0 Å². The topological polar surface area (TPSA) is 85.4 Å². The highest BCUT2D eigenvalue weighted by atomic mass is 79.9. The van der Waals surface area contributed by atoms with Crippen LogP contribution in [0.2, 0.25) is 0 Å². The Labute approximate surface area is 193 Å². The largest absolute Gasteiger partial charge is 0.573 e. The first-order chi connectivity index (χ1) is 15.7. The number of nitrogens with one attached hydrogen (secondary N) is 2. The van der Waals surface area contributed by atoms with Crippen LogP contribution in [-0.4, -0.2) is 29.0 Å². The van der Waals surface area contributed by atoms with Gasteiger partial charge in [0.15, 0.2) is 11.6 Å². The van der Waals surface area contributed by atoms with Crippen molar-refractivity contribution in [2.24, 2.45) is 0 Å². The number of nitrogens with zero attached hydrogens (tertiary/aromatic N) is 2. The van der Waals surface area contributed by atoms with Crippen LogP contribution in [0.15, 0.2) is 59.5 Å². The van der Waals surface area contributed by atoms with Gasteiger partial charge in [0.2, 0.25) is 0 Å². The Hall–Kier alpha value is -3.41. The number of fused-ring (bicyclic) bond motifs is 1. The van der Waals surface area contributed by atoms with Gasteiger partial charge in [-0.05, 0) is 51.8 Å². The zero-order valence-electron chi connectivity index (χ0n) is 16.6. The third-order valence-electron chi connectivity index (χ3n) is 4.90. The normalized spacial score (nSPS) is 17.5. The van der Waals surface area contributed by atoms with Crippen molar-refractivity contribution >= 4 is 27.6 Å². The third kappa shape index (κ3) is 4.85. The van der Waals surface area contributed by atoms with Crippen LogP contribution in [0.3, 0.4) is 0 Å². The molecule has 0 spiro atoms. The molecule has 1 aliphatic rings. The summed E-state index contributed by atoms with van der Waals surface area (Å²) >= 11 is 3.31. The first-order valence-electron chi connectivity index (χ1n) is 9.51. The summed E-state index contributed by atoms with van der Waals surface area (Å²) in [5.74, 6) is -1.88. The molecular weight excluding hydrogens is 512 g/mol. The van der Waals surface area contributed by atoms with Crippen LogP contribution in [0.4, 0.5) is 28.0 Å². The number of carbonyl (C=O) groups excluding carboxylic acids is 1. The van der Waals surface area contributed by atoms with E-state index in [1.165, 1.54) is 24.7 Å². The Morgan fingerprint density at radius 2 is 2.03 bits per heavy atom. The Morgan fingerprint density at radius 3 is 2.76 bits per heavy atom. The van der Waals surface area contributed by atoms with E-state index in [0.717, 1.165) is 12.1 Å². The van der Waals surface area contributed by atoms with Crippen molar-refractivity contribution in [3.8, 4) is 11.5 Å². The van der Waals surface area contributed by atoms with E-state index in [4.69, 9.17) is 4.74 Å². The molecule has 33 heavy (non-hydrogen) atoms. The number of carbonyl (C=O) groups is 1. The van der Waals surface area contributed by atoms with Crippen molar-refractivity contribution in [2.45, 2.75) is 18.3 Å². The van der Waals surface area contributed by atoms with Gasteiger partial charge in [-0.25, -0.2) is 9.18 Å². The lowest BCUT2D eigenvalue weighted by atomic mass is 9.81. The van der Waals surface area contributed by atoms with E-state index in [9.17, 15) is 22.4 Å². The molecule has 0 bridgehead atoms. The lowest BCUT2D eigenvalue weighted by molar-refractivity contribution is -0.275. The number of ether oxygens (including phenoxy) is 2. The van der Waals surface area contributed by atoms with Gasteiger partial charge in [-0.15, -0.1) is 13.2 Å². The van der Waals surface area contributed by atoms with E-state index < -0.39 is 29.5 Å². The molecule has 0 radical (unpaired) electrons. The van der Waals surface area contributed by atoms with E-state index in [1.54, 1.807) is 18.2 Å². The molecule has 3 aromatic rings. The summed E-state index contributed by atoms with van der Waals surface area (Å²) in [6.45, 7) is 0.137. The summed E-state index contributed by atoms with van der Waals surface area (Å²) in [4.78, 5) is 21.2. The smallest absolute Gasteiger partial charge is 0.491 e. The minimum absolute atomic E-state index is 0.136. The van der Waals surface area contributed by atoms with Crippen molar-refractivity contribution in [1.29, 1.82) is 0 Å². The summed E-state index contributed by atoms with van der Waals surface area (Å²) < 4.78 is 62.2. The number of hydrogen-bond donors (Lipinski definition) is 2. The number of pyridine rings is 2. The van der Waals surface area contributed by atoms with Gasteiger partial charge >= 0.3 is 12.4 Å². The van der Waals surface area contributed by atoms with Gasteiger partial charge in [0.25, 0.3) is 0 Å². The fourth-order valence-corrected chi connectivity index (χ4v) is 3.85. The average Bonchev–Trinajstić information content (AvgIpc) is 2.76. The Bertz CT molecular complexity index is 1190. The second-order valence-electron chi connectivity index (χ2n) is 6.98. The van der Waals surface area contributed by atoms with Gasteiger partial charge in [-0.1, -0.05) is 6.07 Å². The summed E-state index contributed by atoms with van der Waals surface area (Å²) in [7, 11) is 0. The van der Waals surface area contributed by atoms with Gasteiger partial charge in [-0.2, -0.15) is 0 Å². The van der Waals surface area contributed by atoms with Crippen molar-refractivity contribution in [2.75, 3.05) is 11.9 Å². The number of amides is 2. The standard InChI is InChI=1S/C21H15BrF4N4O3/c22-13-5-8-27-11-15(13)29-19(31)30-20(6-9-32-17-2-1-7-28-18(17)20)12-3-4-16(14(23)10-12)33-21(24,25)26/h1-5,7-8,10-11H,6,9H2,(H2,29,30,31)/t20-/m0/s1.